The number of ether oxygens (including phenoxy) is 2. The molecule has 0 saturated carbocycles. The molecule has 1 aromatic heterocycles. The van der Waals surface area contributed by atoms with E-state index in [1.165, 1.54) is 40.5 Å². The maximum atomic E-state index is 13.3. The van der Waals surface area contributed by atoms with Gasteiger partial charge in [-0.1, -0.05) is 6.07 Å². The Morgan fingerprint density at radius 2 is 1.75 bits per heavy atom. The number of carbonyl (C=O) groups excluding carboxylic acids is 2. The summed E-state index contributed by atoms with van der Waals surface area (Å²) in [5.41, 5.74) is 0.244. The molecule has 0 bridgehead atoms. The third kappa shape index (κ3) is 4.22. The van der Waals surface area contributed by atoms with E-state index < -0.39 is 23.5 Å². The highest BCUT2D eigenvalue weighted by Crippen LogP contribution is 2.40. The van der Waals surface area contributed by atoms with Crippen molar-refractivity contribution in [3.63, 3.8) is 0 Å². The van der Waals surface area contributed by atoms with Crippen LogP contribution in [0.4, 0.5) is 4.39 Å². The van der Waals surface area contributed by atoms with E-state index in [0.29, 0.717) is 11.5 Å². The number of carbonyl (C=O) groups is 2. The number of nitrogens with zero attached hydrogens (tertiary/aromatic N) is 1. The summed E-state index contributed by atoms with van der Waals surface area (Å²) >= 11 is 1.37. The summed E-state index contributed by atoms with van der Waals surface area (Å²) < 4.78 is 24.2. The minimum absolute atomic E-state index is 0.0199. The molecule has 0 spiro atoms. The van der Waals surface area contributed by atoms with Gasteiger partial charge in [-0.25, -0.2) is 4.39 Å². The minimum Gasteiger partial charge on any atom is -0.507 e. The summed E-state index contributed by atoms with van der Waals surface area (Å²) in [6, 6.07) is 15.0. The minimum atomic E-state index is -0.783. The highest BCUT2D eigenvalue weighted by atomic mass is 32.1. The van der Waals surface area contributed by atoms with Crippen LogP contribution in [-0.4, -0.2) is 42.0 Å². The van der Waals surface area contributed by atoms with Crippen molar-refractivity contribution in [3.05, 3.63) is 87.9 Å². The fraction of sp³-hybridized carbons (Fsp3) is 0.167. The van der Waals surface area contributed by atoms with Gasteiger partial charge in [0.05, 0.1) is 25.3 Å². The molecule has 6 nitrogen and oxygen atoms in total. The Balaban J connectivity index is 1.61. The van der Waals surface area contributed by atoms with Gasteiger partial charge < -0.3 is 19.5 Å². The predicted octanol–water partition coefficient (Wildman–Crippen LogP) is 4.40. The Bertz CT molecular complexity index is 1140. The molecular weight excluding hydrogens is 433 g/mol. The van der Waals surface area contributed by atoms with Crippen LogP contribution in [0.5, 0.6) is 11.5 Å². The monoisotopic (exact) mass is 453 g/mol. The van der Waals surface area contributed by atoms with E-state index in [1.54, 1.807) is 37.4 Å². The van der Waals surface area contributed by atoms with Crippen LogP contribution in [0.3, 0.4) is 0 Å². The molecular formula is C24H20FNO5S. The Morgan fingerprint density at radius 1 is 1.06 bits per heavy atom. The molecule has 1 fully saturated rings. The van der Waals surface area contributed by atoms with Gasteiger partial charge in [-0.3, -0.25) is 9.59 Å². The van der Waals surface area contributed by atoms with Crippen molar-refractivity contribution in [2.24, 2.45) is 0 Å². The van der Waals surface area contributed by atoms with E-state index in [1.807, 2.05) is 11.4 Å². The number of methoxy groups -OCH3 is 1. The third-order valence-electron chi connectivity index (χ3n) is 5.13. The second-order valence-electron chi connectivity index (χ2n) is 7.04. The third-order valence-corrected chi connectivity index (χ3v) is 6.06. The van der Waals surface area contributed by atoms with Crippen molar-refractivity contribution < 1.29 is 28.6 Å². The smallest absolute Gasteiger partial charge is 0.295 e. The van der Waals surface area contributed by atoms with Gasteiger partial charge in [0, 0.05) is 10.4 Å². The number of hydrogen-bond donors (Lipinski definition) is 1. The lowest BCUT2D eigenvalue weighted by atomic mass is 10.00. The van der Waals surface area contributed by atoms with Crippen LogP contribution >= 0.6 is 11.3 Å². The largest absolute Gasteiger partial charge is 0.507 e. The van der Waals surface area contributed by atoms with Crippen molar-refractivity contribution in [2.45, 2.75) is 6.04 Å². The lowest BCUT2D eigenvalue weighted by Crippen LogP contribution is -2.33. The van der Waals surface area contributed by atoms with Gasteiger partial charge in [-0.05, 0) is 60.0 Å². The van der Waals surface area contributed by atoms with E-state index >= 15 is 0 Å². The summed E-state index contributed by atoms with van der Waals surface area (Å²) in [5, 5.41) is 12.7. The molecule has 1 saturated heterocycles. The number of amides is 1. The first-order valence-electron chi connectivity index (χ1n) is 9.84. The van der Waals surface area contributed by atoms with Crippen LogP contribution in [0.1, 0.15) is 16.5 Å². The predicted molar refractivity (Wildman–Crippen MR) is 118 cm³/mol. The van der Waals surface area contributed by atoms with Crippen molar-refractivity contribution >= 4 is 28.8 Å². The van der Waals surface area contributed by atoms with Crippen LogP contribution in [0.2, 0.25) is 0 Å². The molecule has 3 aromatic rings. The molecule has 164 valence electrons. The lowest BCUT2D eigenvalue weighted by molar-refractivity contribution is -0.140. The van der Waals surface area contributed by atoms with Crippen LogP contribution in [0, 0.1) is 5.82 Å². The number of likely N-dealkylation sites (tertiary alicyclic amines) is 1. The Labute approximate surface area is 188 Å². The summed E-state index contributed by atoms with van der Waals surface area (Å²) in [5.74, 6) is -1.00. The number of aliphatic hydroxyl groups is 1. The Morgan fingerprint density at radius 3 is 2.38 bits per heavy atom. The lowest BCUT2D eigenvalue weighted by Gasteiger charge is -2.24. The van der Waals surface area contributed by atoms with Crippen LogP contribution in [-0.2, 0) is 9.59 Å². The number of benzene rings is 2. The number of thiophene rings is 1. The maximum Gasteiger partial charge on any atom is 0.295 e. The van der Waals surface area contributed by atoms with Crippen molar-refractivity contribution in [1.29, 1.82) is 0 Å². The van der Waals surface area contributed by atoms with Gasteiger partial charge in [0.2, 0.25) is 0 Å². The molecule has 1 aliphatic rings. The van der Waals surface area contributed by atoms with Crippen molar-refractivity contribution in [3.8, 4) is 11.5 Å². The standard InChI is InChI=1S/C24H20FNO5S/c1-30-17-8-10-18(11-9-17)31-13-12-26-21(19-3-2-14-32-19)20(23(28)24(26)29)22(27)15-4-6-16(25)7-5-15/h2-11,14,21,27H,12-13H2,1H3/b22-20-. The fourth-order valence-electron chi connectivity index (χ4n) is 3.55. The summed E-state index contributed by atoms with van der Waals surface area (Å²) in [4.78, 5) is 27.8. The molecule has 32 heavy (non-hydrogen) atoms. The summed E-state index contributed by atoms with van der Waals surface area (Å²) in [6.45, 7) is 0.289. The molecule has 1 aliphatic heterocycles. The number of aliphatic hydroxyl groups excluding tert-OH is 1. The molecule has 1 unspecified atom stereocenters. The average Bonchev–Trinajstić information content (AvgIpc) is 3.42. The van der Waals surface area contributed by atoms with Gasteiger partial charge in [-0.15, -0.1) is 11.3 Å². The van der Waals surface area contributed by atoms with E-state index in [4.69, 9.17) is 9.47 Å². The normalized spacial score (nSPS) is 17.6. The van der Waals surface area contributed by atoms with E-state index in [2.05, 4.69) is 0 Å². The highest BCUT2D eigenvalue weighted by molar-refractivity contribution is 7.10. The quantitative estimate of drug-likeness (QED) is 0.326. The van der Waals surface area contributed by atoms with Gasteiger partial charge in [-0.2, -0.15) is 0 Å². The number of halogens is 1. The molecule has 0 radical (unpaired) electrons. The molecule has 2 aromatic carbocycles. The SMILES string of the molecule is COc1ccc(OCCN2C(=O)C(=O)/C(=C(\O)c3ccc(F)cc3)C2c2cccs2)cc1. The number of Topliss-reactive ketones (excluding diaryl/α,β-unsaturated/α-hetero) is 1. The Hall–Kier alpha value is -3.65. The first-order chi connectivity index (χ1) is 15.5. The van der Waals surface area contributed by atoms with Crippen LogP contribution in [0.15, 0.2) is 71.6 Å². The second kappa shape index (κ2) is 9.23. The zero-order chi connectivity index (χ0) is 22.7. The second-order valence-corrected chi connectivity index (χ2v) is 8.02. The fourth-order valence-corrected chi connectivity index (χ4v) is 4.40. The molecule has 8 heteroatoms. The molecule has 4 rings (SSSR count). The van der Waals surface area contributed by atoms with Gasteiger partial charge >= 0.3 is 0 Å². The zero-order valence-electron chi connectivity index (χ0n) is 17.2. The van der Waals surface area contributed by atoms with Crippen LogP contribution in [0.25, 0.3) is 5.76 Å². The first-order valence-corrected chi connectivity index (χ1v) is 10.7. The molecule has 1 atom stereocenters. The maximum absolute atomic E-state index is 13.3. The van der Waals surface area contributed by atoms with E-state index in [9.17, 15) is 19.1 Å². The average molecular weight is 453 g/mol. The highest BCUT2D eigenvalue weighted by Gasteiger charge is 2.46. The van der Waals surface area contributed by atoms with E-state index in [0.717, 1.165) is 4.88 Å². The Kier molecular flexibility index (Phi) is 6.23. The number of ketones is 1. The number of hydrogen-bond acceptors (Lipinski definition) is 6. The number of rotatable bonds is 7. The molecule has 2 heterocycles. The van der Waals surface area contributed by atoms with Crippen molar-refractivity contribution in [2.75, 3.05) is 20.3 Å². The van der Waals surface area contributed by atoms with Crippen molar-refractivity contribution in [1.82, 2.24) is 4.90 Å². The topological polar surface area (TPSA) is 76.1 Å². The summed E-state index contributed by atoms with van der Waals surface area (Å²) in [7, 11) is 1.57. The molecule has 1 N–H and O–H groups in total. The van der Waals surface area contributed by atoms with E-state index in [-0.39, 0.29) is 30.0 Å². The molecule has 1 amide bonds. The first kappa shape index (κ1) is 21.6. The van der Waals surface area contributed by atoms with Crippen LogP contribution < -0.4 is 9.47 Å². The van der Waals surface area contributed by atoms with Gasteiger partial charge in [0.15, 0.2) is 0 Å². The zero-order valence-corrected chi connectivity index (χ0v) is 18.0. The van der Waals surface area contributed by atoms with Gasteiger partial charge in [0.25, 0.3) is 11.7 Å². The summed E-state index contributed by atoms with van der Waals surface area (Å²) in [6.07, 6.45) is 0. The van der Waals surface area contributed by atoms with Gasteiger partial charge in [0.1, 0.15) is 29.7 Å². The molecule has 0 aliphatic carbocycles.